The fourth-order valence-corrected chi connectivity index (χ4v) is 2.96. The minimum atomic E-state index is -0.333. The van der Waals surface area contributed by atoms with E-state index in [-0.39, 0.29) is 5.97 Å². The fraction of sp³-hybridized carbons (Fsp3) is 0.609. The van der Waals surface area contributed by atoms with E-state index in [1.807, 2.05) is 12.1 Å². The van der Waals surface area contributed by atoms with Crippen LogP contribution in [0.4, 0.5) is 0 Å². The van der Waals surface area contributed by atoms with Crippen molar-refractivity contribution in [1.29, 1.82) is 0 Å². The first-order valence-corrected chi connectivity index (χ1v) is 10.0. The van der Waals surface area contributed by atoms with Crippen LogP contribution in [-0.2, 0) is 4.74 Å². The quantitative estimate of drug-likeness (QED) is 0.269. The zero-order chi connectivity index (χ0) is 18.2. The van der Waals surface area contributed by atoms with Crippen LogP contribution in [0.1, 0.15) is 99.9 Å². The maximum atomic E-state index is 11.5. The first-order valence-electron chi connectivity index (χ1n) is 10.0. The molecule has 2 heteroatoms. The number of unbranched alkanes of at least 4 members (excludes halogenated alkanes) is 11. The third-order valence-electron chi connectivity index (χ3n) is 4.52. The summed E-state index contributed by atoms with van der Waals surface area (Å²) in [4.78, 5) is 11.5. The second kappa shape index (κ2) is 14.7. The molecule has 0 atom stereocenters. The van der Waals surface area contributed by atoms with E-state index >= 15 is 0 Å². The van der Waals surface area contributed by atoms with Gasteiger partial charge in [-0.15, -0.1) is 0 Å². The van der Waals surface area contributed by atoms with E-state index in [1.54, 1.807) is 6.07 Å². The van der Waals surface area contributed by atoms with Crippen LogP contribution in [0.15, 0.2) is 24.3 Å². The Morgan fingerprint density at radius 2 is 1.60 bits per heavy atom. The van der Waals surface area contributed by atoms with Crippen LogP contribution in [0.5, 0.6) is 0 Å². The van der Waals surface area contributed by atoms with Gasteiger partial charge < -0.3 is 4.74 Å². The second-order valence-corrected chi connectivity index (χ2v) is 6.75. The van der Waals surface area contributed by atoms with E-state index in [2.05, 4.69) is 25.1 Å². The number of hydrogen-bond donors (Lipinski definition) is 0. The SMILES string of the molecule is CCCCCCCCCCCCC/C=C/c1cc[c]c(C(=O)OC)c1. The maximum absolute atomic E-state index is 11.5. The molecule has 0 amide bonds. The molecule has 0 bridgehead atoms. The molecule has 0 spiro atoms. The molecule has 0 aliphatic heterocycles. The van der Waals surface area contributed by atoms with Crippen LogP contribution in [0.2, 0.25) is 0 Å². The number of methoxy groups -OCH3 is 1. The van der Waals surface area contributed by atoms with Crippen molar-refractivity contribution < 1.29 is 9.53 Å². The van der Waals surface area contributed by atoms with Gasteiger partial charge in [-0.1, -0.05) is 95.4 Å². The molecule has 1 rings (SSSR count). The first-order chi connectivity index (χ1) is 12.3. The molecule has 0 N–H and O–H groups in total. The monoisotopic (exact) mass is 343 g/mol. The van der Waals surface area contributed by atoms with Gasteiger partial charge in [-0.2, -0.15) is 0 Å². The summed E-state index contributed by atoms with van der Waals surface area (Å²) < 4.78 is 4.72. The number of ether oxygens (including phenoxy) is 1. The molecule has 1 radical (unpaired) electrons. The summed E-state index contributed by atoms with van der Waals surface area (Å²) in [5.74, 6) is -0.333. The molecule has 0 saturated heterocycles. The highest BCUT2D eigenvalue weighted by atomic mass is 16.5. The molecular formula is C23H35O2. The lowest BCUT2D eigenvalue weighted by atomic mass is 10.0. The molecule has 0 aliphatic rings. The van der Waals surface area contributed by atoms with Crippen LogP contribution in [0.3, 0.4) is 0 Å². The van der Waals surface area contributed by atoms with Gasteiger partial charge in [0, 0.05) is 0 Å². The zero-order valence-electron chi connectivity index (χ0n) is 16.2. The van der Waals surface area contributed by atoms with Crippen molar-refractivity contribution in [1.82, 2.24) is 0 Å². The van der Waals surface area contributed by atoms with E-state index in [1.165, 1.54) is 77.7 Å². The molecule has 0 fully saturated rings. The van der Waals surface area contributed by atoms with Crippen molar-refractivity contribution in [2.24, 2.45) is 0 Å². The van der Waals surface area contributed by atoms with Crippen LogP contribution in [0, 0.1) is 6.07 Å². The van der Waals surface area contributed by atoms with Gasteiger partial charge in [-0.05, 0) is 30.5 Å². The lowest BCUT2D eigenvalue weighted by molar-refractivity contribution is 0.0600. The molecule has 0 saturated carbocycles. The molecule has 2 nitrogen and oxygen atoms in total. The van der Waals surface area contributed by atoms with E-state index in [0.717, 1.165) is 12.0 Å². The Kier molecular flexibility index (Phi) is 12.7. The Labute approximate surface area is 154 Å². The lowest BCUT2D eigenvalue weighted by Gasteiger charge is -2.02. The van der Waals surface area contributed by atoms with Gasteiger partial charge in [0.05, 0.1) is 12.7 Å². The van der Waals surface area contributed by atoms with Gasteiger partial charge in [0.2, 0.25) is 0 Å². The van der Waals surface area contributed by atoms with Gasteiger partial charge in [0.25, 0.3) is 0 Å². The summed E-state index contributed by atoms with van der Waals surface area (Å²) in [6, 6.07) is 8.46. The Morgan fingerprint density at radius 3 is 2.20 bits per heavy atom. The van der Waals surface area contributed by atoms with E-state index < -0.39 is 0 Å². The topological polar surface area (TPSA) is 26.3 Å². The van der Waals surface area contributed by atoms with Crippen molar-refractivity contribution in [2.45, 2.75) is 84.0 Å². The van der Waals surface area contributed by atoms with Crippen molar-refractivity contribution in [3.05, 3.63) is 41.5 Å². The average Bonchev–Trinajstić information content (AvgIpc) is 2.65. The Bertz CT molecular complexity index is 491. The number of benzene rings is 1. The van der Waals surface area contributed by atoms with E-state index in [0.29, 0.717) is 5.56 Å². The summed E-state index contributed by atoms with van der Waals surface area (Å²) >= 11 is 0. The van der Waals surface area contributed by atoms with Crippen molar-refractivity contribution >= 4 is 12.0 Å². The molecule has 0 aromatic heterocycles. The molecule has 1 aromatic rings. The summed E-state index contributed by atoms with van der Waals surface area (Å²) in [6.07, 6.45) is 20.5. The van der Waals surface area contributed by atoms with Gasteiger partial charge in [0.15, 0.2) is 0 Å². The summed E-state index contributed by atoms with van der Waals surface area (Å²) in [5, 5.41) is 0. The Morgan fingerprint density at radius 1 is 1.00 bits per heavy atom. The third-order valence-corrected chi connectivity index (χ3v) is 4.52. The standard InChI is InChI=1S/C23H35O2/c1-3-4-5-6-7-8-9-10-11-12-13-14-15-17-21-18-16-19-22(20-21)23(24)25-2/h15-18,20H,3-14H2,1-2H3/b17-15+. The van der Waals surface area contributed by atoms with Crippen LogP contribution >= 0.6 is 0 Å². The Hall–Kier alpha value is -1.57. The van der Waals surface area contributed by atoms with Crippen molar-refractivity contribution in [3.8, 4) is 0 Å². The summed E-state index contributed by atoms with van der Waals surface area (Å²) in [5.41, 5.74) is 1.52. The van der Waals surface area contributed by atoms with Gasteiger partial charge in [-0.25, -0.2) is 4.79 Å². The fourth-order valence-electron chi connectivity index (χ4n) is 2.96. The van der Waals surface area contributed by atoms with Gasteiger partial charge in [0.1, 0.15) is 0 Å². The van der Waals surface area contributed by atoms with Crippen LogP contribution < -0.4 is 0 Å². The Balaban J connectivity index is 2.02. The van der Waals surface area contributed by atoms with Gasteiger partial charge in [-0.3, -0.25) is 0 Å². The van der Waals surface area contributed by atoms with Crippen molar-refractivity contribution in [3.63, 3.8) is 0 Å². The highest BCUT2D eigenvalue weighted by Gasteiger charge is 2.04. The maximum Gasteiger partial charge on any atom is 0.338 e. The smallest absolute Gasteiger partial charge is 0.338 e. The predicted octanol–water partition coefficient (Wildman–Crippen LogP) is 6.99. The predicted molar refractivity (Wildman–Crippen MR) is 107 cm³/mol. The molecular weight excluding hydrogens is 308 g/mol. The summed E-state index contributed by atoms with van der Waals surface area (Å²) in [6.45, 7) is 2.27. The summed E-state index contributed by atoms with van der Waals surface area (Å²) in [7, 11) is 1.39. The average molecular weight is 344 g/mol. The van der Waals surface area contributed by atoms with Crippen molar-refractivity contribution in [2.75, 3.05) is 7.11 Å². The molecule has 1 aromatic carbocycles. The largest absolute Gasteiger partial charge is 0.465 e. The molecule has 0 heterocycles. The number of carbonyl (C=O) groups excluding carboxylic acids is 1. The molecule has 0 unspecified atom stereocenters. The lowest BCUT2D eigenvalue weighted by Crippen LogP contribution is -2.00. The number of rotatable bonds is 14. The molecule has 25 heavy (non-hydrogen) atoms. The molecule has 139 valence electrons. The van der Waals surface area contributed by atoms with E-state index in [9.17, 15) is 4.79 Å². The van der Waals surface area contributed by atoms with Crippen LogP contribution in [-0.4, -0.2) is 13.1 Å². The highest BCUT2D eigenvalue weighted by Crippen LogP contribution is 2.13. The number of allylic oxidation sites excluding steroid dienone is 1. The molecule has 0 aliphatic carbocycles. The number of hydrogen-bond acceptors (Lipinski definition) is 2. The van der Waals surface area contributed by atoms with E-state index in [4.69, 9.17) is 4.74 Å². The van der Waals surface area contributed by atoms with Gasteiger partial charge >= 0.3 is 5.97 Å². The number of carbonyl (C=O) groups is 1. The number of esters is 1. The zero-order valence-corrected chi connectivity index (χ0v) is 16.2. The third kappa shape index (κ3) is 10.8. The minimum Gasteiger partial charge on any atom is -0.465 e. The van der Waals surface area contributed by atoms with Crippen LogP contribution in [0.25, 0.3) is 6.08 Å². The highest BCUT2D eigenvalue weighted by molar-refractivity contribution is 5.89. The second-order valence-electron chi connectivity index (χ2n) is 6.75. The normalized spacial score (nSPS) is 11.1. The minimum absolute atomic E-state index is 0.333. The first kappa shape index (κ1) is 21.5.